The number of nitrogens with one attached hydrogen (secondary N) is 2. The van der Waals surface area contributed by atoms with Crippen LogP contribution in [0.15, 0.2) is 30.8 Å². The molecule has 2 aliphatic heterocycles. The zero-order chi connectivity index (χ0) is 29.7. The number of likely N-dealkylation sites (tertiary alicyclic amines) is 1. The molecule has 4 atom stereocenters. The second-order valence-electron chi connectivity index (χ2n) is 13.1. The SMILES string of the molecule is C=Cc1cc(Nc2nc(N[C@@H]3C4CCC(C4)[C@@H]3C(N)=O)c3sc(Cl)cc3n2)ccc1N1CCC(N2CCC(C)CC2)CC1. The maximum atomic E-state index is 12.4. The Balaban J connectivity index is 1.08. The number of piperidine rings is 2. The molecule has 43 heavy (non-hydrogen) atoms. The fourth-order valence-corrected chi connectivity index (χ4v) is 9.31. The summed E-state index contributed by atoms with van der Waals surface area (Å²) in [6, 6.07) is 8.97. The molecule has 10 heteroatoms. The first kappa shape index (κ1) is 28.9. The fraction of sp³-hybridized carbons (Fsp3) is 0.545. The number of aromatic nitrogens is 2. The molecule has 2 aliphatic carbocycles. The third-order valence-electron chi connectivity index (χ3n) is 10.5. The Morgan fingerprint density at radius 2 is 1.84 bits per heavy atom. The van der Waals surface area contributed by atoms with Crippen LogP contribution in [0.25, 0.3) is 16.3 Å². The molecule has 1 amide bonds. The third-order valence-corrected chi connectivity index (χ3v) is 11.8. The molecule has 8 nitrogen and oxygen atoms in total. The molecule has 1 aromatic carbocycles. The van der Waals surface area contributed by atoms with E-state index in [0.29, 0.717) is 34.0 Å². The quantitative estimate of drug-likeness (QED) is 0.257. The maximum absolute atomic E-state index is 12.4. The van der Waals surface area contributed by atoms with Gasteiger partial charge in [-0.2, -0.15) is 4.98 Å². The van der Waals surface area contributed by atoms with Crippen molar-refractivity contribution < 1.29 is 4.79 Å². The summed E-state index contributed by atoms with van der Waals surface area (Å²) in [5.41, 5.74) is 9.86. The molecule has 228 valence electrons. The zero-order valence-electron chi connectivity index (χ0n) is 24.9. The van der Waals surface area contributed by atoms with E-state index in [-0.39, 0.29) is 17.9 Å². The van der Waals surface area contributed by atoms with Crippen molar-refractivity contribution >= 4 is 68.3 Å². The second kappa shape index (κ2) is 11.9. The molecule has 4 aliphatic rings. The van der Waals surface area contributed by atoms with E-state index in [9.17, 15) is 4.79 Å². The molecule has 0 radical (unpaired) electrons. The van der Waals surface area contributed by atoms with Crippen molar-refractivity contribution in [3.05, 3.63) is 40.7 Å². The molecule has 4 heterocycles. The molecule has 2 saturated heterocycles. The van der Waals surface area contributed by atoms with Crippen LogP contribution in [0.3, 0.4) is 0 Å². The number of nitrogens with zero attached hydrogens (tertiary/aromatic N) is 4. The van der Waals surface area contributed by atoms with Crippen molar-refractivity contribution in [3.8, 4) is 0 Å². The van der Waals surface area contributed by atoms with Gasteiger partial charge >= 0.3 is 0 Å². The van der Waals surface area contributed by atoms with Crippen molar-refractivity contribution in [3.63, 3.8) is 0 Å². The number of hydrogen-bond donors (Lipinski definition) is 3. The number of rotatable bonds is 8. The van der Waals surface area contributed by atoms with E-state index in [1.807, 2.05) is 12.1 Å². The summed E-state index contributed by atoms with van der Waals surface area (Å²) in [6.45, 7) is 11.1. The average Bonchev–Trinajstić information content (AvgIpc) is 3.72. The van der Waals surface area contributed by atoms with E-state index in [4.69, 9.17) is 27.3 Å². The van der Waals surface area contributed by atoms with Crippen LogP contribution in [0, 0.1) is 23.7 Å². The molecule has 2 aromatic heterocycles. The number of hydrogen-bond acceptors (Lipinski definition) is 8. The highest BCUT2D eigenvalue weighted by Crippen LogP contribution is 2.50. The number of fused-ring (bicyclic) bond motifs is 3. The largest absolute Gasteiger partial charge is 0.371 e. The van der Waals surface area contributed by atoms with Gasteiger partial charge in [0.15, 0.2) is 0 Å². The van der Waals surface area contributed by atoms with Crippen LogP contribution in [0.1, 0.15) is 57.4 Å². The summed E-state index contributed by atoms with van der Waals surface area (Å²) in [6.07, 6.45) is 10.2. The lowest BCUT2D eigenvalue weighted by atomic mass is 9.84. The summed E-state index contributed by atoms with van der Waals surface area (Å²) in [5, 5.41) is 7.06. The number of nitrogens with two attached hydrogens (primary N) is 1. The number of thiophene rings is 1. The maximum Gasteiger partial charge on any atom is 0.229 e. The Labute approximate surface area is 263 Å². The van der Waals surface area contributed by atoms with E-state index in [2.05, 4.69) is 52.1 Å². The summed E-state index contributed by atoms with van der Waals surface area (Å²) < 4.78 is 1.55. The van der Waals surface area contributed by atoms with Crippen molar-refractivity contribution in [2.45, 2.75) is 64.0 Å². The first-order chi connectivity index (χ1) is 20.9. The summed E-state index contributed by atoms with van der Waals surface area (Å²) in [5.74, 6) is 2.45. The van der Waals surface area contributed by atoms with Crippen LogP contribution < -0.4 is 21.3 Å². The number of benzene rings is 1. The molecule has 2 bridgehead atoms. The van der Waals surface area contributed by atoms with Gasteiger partial charge in [0.05, 0.1) is 20.5 Å². The first-order valence-electron chi connectivity index (χ1n) is 15.9. The molecule has 7 rings (SSSR count). The minimum Gasteiger partial charge on any atom is -0.371 e. The van der Waals surface area contributed by atoms with Crippen LogP contribution >= 0.6 is 22.9 Å². The van der Waals surface area contributed by atoms with Gasteiger partial charge in [-0.25, -0.2) is 4.98 Å². The number of anilines is 4. The van der Waals surface area contributed by atoms with Crippen molar-refractivity contribution in [1.29, 1.82) is 0 Å². The van der Waals surface area contributed by atoms with E-state index in [0.717, 1.165) is 59.7 Å². The van der Waals surface area contributed by atoms with E-state index in [1.54, 1.807) is 0 Å². The number of amides is 1. The van der Waals surface area contributed by atoms with E-state index < -0.39 is 0 Å². The van der Waals surface area contributed by atoms with Crippen LogP contribution in [-0.2, 0) is 4.79 Å². The lowest BCUT2D eigenvalue weighted by molar-refractivity contribution is -0.123. The lowest BCUT2D eigenvalue weighted by Gasteiger charge is -2.42. The first-order valence-corrected chi connectivity index (χ1v) is 17.1. The van der Waals surface area contributed by atoms with Gasteiger partial charge < -0.3 is 26.2 Å². The number of halogens is 1. The molecule has 3 aromatic rings. The molecule has 4 N–H and O–H groups in total. The van der Waals surface area contributed by atoms with Gasteiger partial charge in [-0.15, -0.1) is 11.3 Å². The fourth-order valence-electron chi connectivity index (χ4n) is 8.20. The van der Waals surface area contributed by atoms with Gasteiger partial charge in [0.1, 0.15) is 5.82 Å². The van der Waals surface area contributed by atoms with Gasteiger partial charge in [-0.3, -0.25) is 4.79 Å². The Bertz CT molecular complexity index is 1510. The van der Waals surface area contributed by atoms with Gasteiger partial charge in [-0.1, -0.05) is 31.2 Å². The smallest absolute Gasteiger partial charge is 0.229 e. The predicted octanol–water partition coefficient (Wildman–Crippen LogP) is 6.74. The Morgan fingerprint density at radius 3 is 2.58 bits per heavy atom. The Hall–Kier alpha value is -2.88. The van der Waals surface area contributed by atoms with Gasteiger partial charge in [-0.05, 0) is 106 Å². The highest BCUT2D eigenvalue weighted by Gasteiger charge is 2.50. The Kier molecular flexibility index (Phi) is 7.99. The van der Waals surface area contributed by atoms with Crippen LogP contribution in [0.2, 0.25) is 4.34 Å². The third kappa shape index (κ3) is 5.71. The van der Waals surface area contributed by atoms with Crippen LogP contribution in [0.4, 0.5) is 23.1 Å². The molecule has 2 saturated carbocycles. The van der Waals surface area contributed by atoms with Crippen LogP contribution in [-0.4, -0.2) is 59.0 Å². The number of primary amides is 1. The van der Waals surface area contributed by atoms with E-state index >= 15 is 0 Å². The molecular formula is C33H42ClN7OS. The monoisotopic (exact) mass is 619 g/mol. The van der Waals surface area contributed by atoms with Crippen molar-refractivity contribution in [2.75, 3.05) is 41.7 Å². The van der Waals surface area contributed by atoms with Gasteiger partial charge in [0.2, 0.25) is 11.9 Å². The molecular weight excluding hydrogens is 578 g/mol. The summed E-state index contributed by atoms with van der Waals surface area (Å²) in [7, 11) is 0. The second-order valence-corrected chi connectivity index (χ2v) is 14.8. The molecule has 2 unspecified atom stereocenters. The minimum atomic E-state index is -0.222. The Morgan fingerprint density at radius 1 is 1.07 bits per heavy atom. The van der Waals surface area contributed by atoms with Gasteiger partial charge in [0.25, 0.3) is 0 Å². The number of carbonyl (C=O) groups excluding carboxylic acids is 1. The normalized spacial score (nSPS) is 26.7. The molecule has 4 fully saturated rings. The number of carbonyl (C=O) groups is 1. The summed E-state index contributed by atoms with van der Waals surface area (Å²) in [4.78, 5) is 27.3. The lowest BCUT2D eigenvalue weighted by Crippen LogP contribution is -2.47. The highest BCUT2D eigenvalue weighted by molar-refractivity contribution is 7.23. The topological polar surface area (TPSA) is 99.4 Å². The highest BCUT2D eigenvalue weighted by atomic mass is 35.5. The zero-order valence-corrected chi connectivity index (χ0v) is 26.5. The van der Waals surface area contributed by atoms with Crippen molar-refractivity contribution in [2.24, 2.45) is 29.4 Å². The standard InChI is InChI=1S/C33H42ClN7OS/c1-3-20-17-23(6-7-26(20)41-14-10-24(11-15-41)40-12-8-19(2)9-13-40)36-33-37-25-18-27(34)43-30(25)32(39-33)38-29-22-5-4-21(16-22)28(29)31(35)42/h3,6-7,17-19,21-22,24,28-29H,1,4-5,8-16H2,2H3,(H2,35,42)(H2,36,37,38,39)/t21?,22?,28-,29+/m0/s1. The van der Waals surface area contributed by atoms with E-state index in [1.165, 1.54) is 55.8 Å². The molecule has 0 spiro atoms. The minimum absolute atomic E-state index is 0.0163. The summed E-state index contributed by atoms with van der Waals surface area (Å²) >= 11 is 7.88. The average molecular weight is 620 g/mol. The van der Waals surface area contributed by atoms with Crippen LogP contribution in [0.5, 0.6) is 0 Å². The predicted molar refractivity (Wildman–Crippen MR) is 178 cm³/mol. The van der Waals surface area contributed by atoms with Crippen molar-refractivity contribution in [1.82, 2.24) is 14.9 Å². The van der Waals surface area contributed by atoms with Gasteiger partial charge in [0, 0.05) is 36.5 Å².